The highest BCUT2D eigenvalue weighted by Gasteiger charge is 2.19. The maximum Gasteiger partial charge on any atom is 0.203 e. The molecule has 1 aliphatic rings. The zero-order chi connectivity index (χ0) is 14.8. The molecule has 3 nitrogen and oxygen atoms in total. The van der Waals surface area contributed by atoms with E-state index in [1.807, 2.05) is 17.5 Å². The minimum Gasteiger partial charge on any atom is -0.353 e. The molecule has 1 aliphatic carbocycles. The van der Waals surface area contributed by atoms with Crippen LogP contribution in [0, 0.1) is 13.8 Å². The Morgan fingerprint density at radius 3 is 2.71 bits per heavy atom. The van der Waals surface area contributed by atoms with E-state index in [0.717, 1.165) is 5.95 Å². The summed E-state index contributed by atoms with van der Waals surface area (Å²) in [7, 11) is 0. The molecular weight excluding hydrogens is 278 g/mol. The second kappa shape index (κ2) is 6.22. The molecule has 2 aromatic rings. The van der Waals surface area contributed by atoms with Crippen molar-refractivity contribution in [1.29, 1.82) is 0 Å². The summed E-state index contributed by atoms with van der Waals surface area (Å²) in [6.07, 6.45) is 10.6. The van der Waals surface area contributed by atoms with E-state index >= 15 is 0 Å². The van der Waals surface area contributed by atoms with Crippen LogP contribution in [0.25, 0.3) is 0 Å². The molecule has 2 aromatic heterocycles. The Morgan fingerprint density at radius 2 is 2.05 bits per heavy atom. The van der Waals surface area contributed by atoms with Gasteiger partial charge in [-0.3, -0.25) is 0 Å². The smallest absolute Gasteiger partial charge is 0.203 e. The molecule has 3 rings (SSSR count). The predicted octanol–water partition coefficient (Wildman–Crippen LogP) is 4.92. The van der Waals surface area contributed by atoms with Crippen molar-refractivity contribution in [1.82, 2.24) is 9.55 Å². The third kappa shape index (κ3) is 3.15. The van der Waals surface area contributed by atoms with Crippen molar-refractivity contribution in [2.45, 2.75) is 65.0 Å². The topological polar surface area (TPSA) is 29.9 Å². The Labute approximate surface area is 131 Å². The van der Waals surface area contributed by atoms with Gasteiger partial charge in [-0.15, -0.1) is 11.3 Å². The number of anilines is 1. The zero-order valence-electron chi connectivity index (χ0n) is 13.2. The van der Waals surface area contributed by atoms with Crippen LogP contribution in [0.5, 0.6) is 0 Å². The van der Waals surface area contributed by atoms with Crippen LogP contribution in [0.2, 0.25) is 0 Å². The second-order valence-corrected chi connectivity index (χ2v) is 7.64. The van der Waals surface area contributed by atoms with E-state index in [-0.39, 0.29) is 0 Å². The molecule has 1 N–H and O–H groups in total. The summed E-state index contributed by atoms with van der Waals surface area (Å²) in [5.74, 6) is 1.03. The van der Waals surface area contributed by atoms with Crippen molar-refractivity contribution in [2.75, 3.05) is 5.32 Å². The van der Waals surface area contributed by atoms with Gasteiger partial charge >= 0.3 is 0 Å². The lowest BCUT2D eigenvalue weighted by molar-refractivity contribution is 0.458. The van der Waals surface area contributed by atoms with E-state index in [9.17, 15) is 0 Å². The minimum atomic E-state index is 0.337. The van der Waals surface area contributed by atoms with E-state index in [1.54, 1.807) is 0 Å². The highest BCUT2D eigenvalue weighted by Crippen LogP contribution is 2.31. The first kappa shape index (κ1) is 14.6. The van der Waals surface area contributed by atoms with Crippen LogP contribution in [-0.4, -0.2) is 15.6 Å². The van der Waals surface area contributed by atoms with Crippen LogP contribution in [-0.2, 0) is 0 Å². The summed E-state index contributed by atoms with van der Waals surface area (Å²) < 4.78 is 2.28. The van der Waals surface area contributed by atoms with Gasteiger partial charge in [0.15, 0.2) is 0 Å². The van der Waals surface area contributed by atoms with Gasteiger partial charge in [-0.2, -0.15) is 0 Å². The summed E-state index contributed by atoms with van der Waals surface area (Å²) in [6, 6.07) is 3.25. The fourth-order valence-electron chi connectivity index (χ4n) is 3.38. The molecule has 21 heavy (non-hydrogen) atoms. The normalized spacial score (nSPS) is 17.9. The van der Waals surface area contributed by atoms with E-state index in [4.69, 9.17) is 0 Å². The first-order valence-electron chi connectivity index (χ1n) is 8.01. The lowest BCUT2D eigenvalue weighted by Gasteiger charge is -2.25. The monoisotopic (exact) mass is 303 g/mol. The van der Waals surface area contributed by atoms with Gasteiger partial charge in [-0.05, 0) is 45.2 Å². The van der Waals surface area contributed by atoms with Gasteiger partial charge in [0.05, 0.1) is 6.04 Å². The van der Waals surface area contributed by atoms with Crippen molar-refractivity contribution >= 4 is 17.3 Å². The van der Waals surface area contributed by atoms with Crippen LogP contribution in [0.3, 0.4) is 0 Å². The van der Waals surface area contributed by atoms with Crippen LogP contribution in [0.4, 0.5) is 5.95 Å². The maximum atomic E-state index is 4.55. The Balaban J connectivity index is 1.79. The summed E-state index contributed by atoms with van der Waals surface area (Å²) in [5.41, 5.74) is 1.42. The van der Waals surface area contributed by atoms with E-state index < -0.39 is 0 Å². The molecule has 1 saturated carbocycles. The van der Waals surface area contributed by atoms with Crippen molar-refractivity contribution in [3.8, 4) is 0 Å². The highest BCUT2D eigenvalue weighted by atomic mass is 32.1. The van der Waals surface area contributed by atoms with Gasteiger partial charge in [-0.1, -0.05) is 19.3 Å². The Morgan fingerprint density at radius 1 is 1.29 bits per heavy atom. The standard InChI is InChI=1S/C17H25N3S/c1-12-11-16(14(3)21-12)13(2)20-10-9-18-17(20)19-15-7-5-4-6-8-15/h9-11,13,15H,4-8H2,1-3H3,(H,18,19). The third-order valence-corrected chi connectivity index (χ3v) is 5.54. The number of nitrogens with zero attached hydrogens (tertiary/aromatic N) is 2. The minimum absolute atomic E-state index is 0.337. The molecule has 0 aliphatic heterocycles. The number of rotatable bonds is 4. The maximum absolute atomic E-state index is 4.55. The largest absolute Gasteiger partial charge is 0.353 e. The lowest BCUT2D eigenvalue weighted by Crippen LogP contribution is -2.25. The summed E-state index contributed by atoms with van der Waals surface area (Å²) in [6.45, 7) is 6.67. The van der Waals surface area contributed by atoms with Crippen LogP contribution in [0.15, 0.2) is 18.5 Å². The number of thiophene rings is 1. The van der Waals surface area contributed by atoms with Crippen molar-refractivity contribution in [3.05, 3.63) is 33.8 Å². The summed E-state index contributed by atoms with van der Waals surface area (Å²) >= 11 is 1.88. The van der Waals surface area contributed by atoms with Gasteiger partial charge in [-0.25, -0.2) is 4.98 Å². The molecular formula is C17H25N3S. The van der Waals surface area contributed by atoms with Crippen molar-refractivity contribution in [2.24, 2.45) is 0 Å². The molecule has 0 radical (unpaired) electrons. The molecule has 2 heterocycles. The molecule has 0 aromatic carbocycles. The number of aryl methyl sites for hydroxylation is 2. The molecule has 1 fully saturated rings. The van der Waals surface area contributed by atoms with Crippen molar-refractivity contribution in [3.63, 3.8) is 0 Å². The number of hydrogen-bond donors (Lipinski definition) is 1. The number of hydrogen-bond acceptors (Lipinski definition) is 3. The number of aromatic nitrogens is 2. The average Bonchev–Trinajstić information content (AvgIpc) is 3.06. The SMILES string of the molecule is Cc1cc(C(C)n2ccnc2NC2CCCCC2)c(C)s1. The Bertz CT molecular complexity index is 593. The molecule has 0 bridgehead atoms. The average molecular weight is 303 g/mol. The number of nitrogens with one attached hydrogen (secondary N) is 1. The molecule has 1 atom stereocenters. The number of imidazole rings is 1. The van der Waals surface area contributed by atoms with Crippen LogP contribution in [0.1, 0.15) is 60.4 Å². The van der Waals surface area contributed by atoms with E-state index in [0.29, 0.717) is 12.1 Å². The molecule has 0 amide bonds. The van der Waals surface area contributed by atoms with Gasteiger partial charge in [0.25, 0.3) is 0 Å². The van der Waals surface area contributed by atoms with E-state index in [1.165, 1.54) is 47.4 Å². The summed E-state index contributed by atoms with van der Waals surface area (Å²) in [4.78, 5) is 7.35. The van der Waals surface area contributed by atoms with E-state index in [2.05, 4.69) is 47.9 Å². The predicted molar refractivity (Wildman–Crippen MR) is 90.3 cm³/mol. The van der Waals surface area contributed by atoms with Gasteiger partial charge in [0, 0.05) is 28.2 Å². The molecule has 1 unspecified atom stereocenters. The third-order valence-electron chi connectivity index (χ3n) is 4.55. The molecule has 0 saturated heterocycles. The Hall–Kier alpha value is -1.29. The lowest BCUT2D eigenvalue weighted by atomic mass is 9.96. The zero-order valence-corrected chi connectivity index (χ0v) is 14.0. The fraction of sp³-hybridized carbons (Fsp3) is 0.588. The first-order valence-corrected chi connectivity index (χ1v) is 8.83. The highest BCUT2D eigenvalue weighted by molar-refractivity contribution is 7.12. The van der Waals surface area contributed by atoms with Crippen LogP contribution < -0.4 is 5.32 Å². The van der Waals surface area contributed by atoms with Gasteiger partial charge in [0.1, 0.15) is 0 Å². The van der Waals surface area contributed by atoms with Gasteiger partial charge < -0.3 is 9.88 Å². The summed E-state index contributed by atoms with van der Waals surface area (Å²) in [5, 5.41) is 3.66. The fourth-order valence-corrected chi connectivity index (χ4v) is 4.40. The molecule has 0 spiro atoms. The molecule has 4 heteroatoms. The van der Waals surface area contributed by atoms with Gasteiger partial charge in [0.2, 0.25) is 5.95 Å². The van der Waals surface area contributed by atoms with Crippen LogP contribution >= 0.6 is 11.3 Å². The molecule has 114 valence electrons. The quantitative estimate of drug-likeness (QED) is 0.869. The van der Waals surface area contributed by atoms with Crippen molar-refractivity contribution < 1.29 is 0 Å². The first-order chi connectivity index (χ1) is 10.1. The second-order valence-electron chi connectivity index (χ2n) is 6.18. The Kier molecular flexibility index (Phi) is 4.34.